The predicted octanol–water partition coefficient (Wildman–Crippen LogP) is 2.84. The zero-order chi connectivity index (χ0) is 12.3. The van der Waals surface area contributed by atoms with Crippen LogP contribution in [0.25, 0.3) is 0 Å². The van der Waals surface area contributed by atoms with Gasteiger partial charge in [-0.3, -0.25) is 4.98 Å². The summed E-state index contributed by atoms with van der Waals surface area (Å²) in [5.74, 6) is 0. The van der Waals surface area contributed by atoms with Crippen molar-refractivity contribution in [3.05, 3.63) is 65.5 Å². The zero-order valence-electron chi connectivity index (χ0n) is 10.2. The molecule has 0 bridgehead atoms. The van der Waals surface area contributed by atoms with Gasteiger partial charge in [0.25, 0.3) is 0 Å². The molecule has 2 nitrogen and oxygen atoms in total. The molecule has 0 aliphatic carbocycles. The van der Waals surface area contributed by atoms with Gasteiger partial charge in [-0.15, -0.1) is 0 Å². The molecule has 0 saturated heterocycles. The Hall–Kier alpha value is -1.67. The summed E-state index contributed by atoms with van der Waals surface area (Å²) in [6, 6.07) is 11.9. The Kier molecular flexibility index (Phi) is 3.25. The molecule has 1 atom stereocenters. The van der Waals surface area contributed by atoms with Crippen LogP contribution in [0.5, 0.6) is 0 Å². The average molecular weight is 227 g/mol. The molecule has 0 amide bonds. The minimum absolute atomic E-state index is 0.596. The van der Waals surface area contributed by atoms with Crippen molar-refractivity contribution in [2.24, 2.45) is 0 Å². The molecule has 0 spiro atoms. The van der Waals surface area contributed by atoms with Crippen molar-refractivity contribution in [2.45, 2.75) is 25.9 Å². The molecule has 2 rings (SSSR count). The molecule has 1 heterocycles. The molecule has 17 heavy (non-hydrogen) atoms. The van der Waals surface area contributed by atoms with Gasteiger partial charge in [-0.25, -0.2) is 0 Å². The second-order valence-corrected chi connectivity index (χ2v) is 4.67. The Morgan fingerprint density at radius 1 is 1.06 bits per heavy atom. The van der Waals surface area contributed by atoms with Crippen LogP contribution in [-0.4, -0.2) is 10.1 Å². The number of aliphatic hydroxyl groups is 1. The maximum atomic E-state index is 10.5. The summed E-state index contributed by atoms with van der Waals surface area (Å²) in [5.41, 5.74) is 2.40. The van der Waals surface area contributed by atoms with Gasteiger partial charge in [-0.1, -0.05) is 29.8 Å². The van der Waals surface area contributed by atoms with Gasteiger partial charge in [0.05, 0.1) is 5.60 Å². The SMILES string of the molecule is Cc1ccc(C(C)(O)Cc2ccncc2)cc1. The van der Waals surface area contributed by atoms with Gasteiger partial charge in [-0.05, 0) is 37.1 Å². The summed E-state index contributed by atoms with van der Waals surface area (Å²) in [7, 11) is 0. The van der Waals surface area contributed by atoms with Crippen molar-refractivity contribution >= 4 is 0 Å². The smallest absolute Gasteiger partial charge is 0.0908 e. The van der Waals surface area contributed by atoms with Crippen LogP contribution in [0.2, 0.25) is 0 Å². The molecule has 0 aliphatic heterocycles. The van der Waals surface area contributed by atoms with E-state index in [0.717, 1.165) is 11.1 Å². The number of hydrogen-bond acceptors (Lipinski definition) is 2. The first-order chi connectivity index (χ1) is 8.08. The molecule has 0 fully saturated rings. The van der Waals surface area contributed by atoms with Crippen molar-refractivity contribution in [1.29, 1.82) is 0 Å². The van der Waals surface area contributed by atoms with Crippen LogP contribution in [0.3, 0.4) is 0 Å². The fourth-order valence-electron chi connectivity index (χ4n) is 1.91. The lowest BCUT2D eigenvalue weighted by Crippen LogP contribution is -2.24. The highest BCUT2D eigenvalue weighted by Crippen LogP contribution is 2.25. The Balaban J connectivity index is 2.21. The van der Waals surface area contributed by atoms with Gasteiger partial charge in [0.1, 0.15) is 0 Å². The zero-order valence-corrected chi connectivity index (χ0v) is 10.2. The highest BCUT2D eigenvalue weighted by Gasteiger charge is 2.23. The van der Waals surface area contributed by atoms with Gasteiger partial charge >= 0.3 is 0 Å². The van der Waals surface area contributed by atoms with Gasteiger partial charge in [0.2, 0.25) is 0 Å². The second-order valence-electron chi connectivity index (χ2n) is 4.67. The largest absolute Gasteiger partial charge is 0.385 e. The monoisotopic (exact) mass is 227 g/mol. The van der Waals surface area contributed by atoms with Crippen LogP contribution in [0.4, 0.5) is 0 Å². The Morgan fingerprint density at radius 3 is 2.24 bits per heavy atom. The standard InChI is InChI=1S/C15H17NO/c1-12-3-5-14(6-4-12)15(2,17)11-13-7-9-16-10-8-13/h3-10,17H,11H2,1-2H3. The van der Waals surface area contributed by atoms with Crippen LogP contribution in [0.1, 0.15) is 23.6 Å². The summed E-state index contributed by atoms with van der Waals surface area (Å²) in [5, 5.41) is 10.5. The van der Waals surface area contributed by atoms with Crippen LogP contribution in [-0.2, 0) is 12.0 Å². The highest BCUT2D eigenvalue weighted by atomic mass is 16.3. The topological polar surface area (TPSA) is 33.1 Å². The van der Waals surface area contributed by atoms with E-state index >= 15 is 0 Å². The third kappa shape index (κ3) is 2.92. The minimum Gasteiger partial charge on any atom is -0.385 e. The molecular formula is C15H17NO. The lowest BCUT2D eigenvalue weighted by Gasteiger charge is -2.24. The first-order valence-corrected chi connectivity index (χ1v) is 5.76. The second kappa shape index (κ2) is 4.68. The fraction of sp³-hybridized carbons (Fsp3) is 0.267. The number of nitrogens with zero attached hydrogens (tertiary/aromatic N) is 1. The first-order valence-electron chi connectivity index (χ1n) is 5.76. The third-order valence-corrected chi connectivity index (χ3v) is 2.97. The van der Waals surface area contributed by atoms with Crippen LogP contribution < -0.4 is 0 Å². The normalized spacial score (nSPS) is 14.3. The molecule has 1 aromatic heterocycles. The lowest BCUT2D eigenvalue weighted by molar-refractivity contribution is 0.0576. The van der Waals surface area contributed by atoms with Crippen LogP contribution in [0, 0.1) is 6.92 Å². The maximum Gasteiger partial charge on any atom is 0.0908 e. The number of pyridine rings is 1. The van der Waals surface area contributed by atoms with E-state index in [-0.39, 0.29) is 0 Å². The van der Waals surface area contributed by atoms with Crippen molar-refractivity contribution < 1.29 is 5.11 Å². The molecule has 1 aromatic carbocycles. The van der Waals surface area contributed by atoms with E-state index in [4.69, 9.17) is 0 Å². The summed E-state index contributed by atoms with van der Waals surface area (Å²) >= 11 is 0. The first kappa shape index (κ1) is 11.8. The molecule has 1 unspecified atom stereocenters. The average Bonchev–Trinajstić information content (AvgIpc) is 2.30. The summed E-state index contributed by atoms with van der Waals surface area (Å²) < 4.78 is 0. The summed E-state index contributed by atoms with van der Waals surface area (Å²) in [4.78, 5) is 3.98. The molecule has 0 aliphatic rings. The van der Waals surface area contributed by atoms with Gasteiger partial charge in [0, 0.05) is 18.8 Å². The minimum atomic E-state index is -0.838. The van der Waals surface area contributed by atoms with E-state index in [0.29, 0.717) is 6.42 Å². The van der Waals surface area contributed by atoms with E-state index in [9.17, 15) is 5.11 Å². The predicted molar refractivity (Wildman–Crippen MR) is 68.7 cm³/mol. The quantitative estimate of drug-likeness (QED) is 0.874. The van der Waals surface area contributed by atoms with Gasteiger partial charge < -0.3 is 5.11 Å². The molecule has 2 aromatic rings. The number of hydrogen-bond donors (Lipinski definition) is 1. The summed E-state index contributed by atoms with van der Waals surface area (Å²) in [6.45, 7) is 3.89. The van der Waals surface area contributed by atoms with E-state index < -0.39 is 5.60 Å². The van der Waals surface area contributed by atoms with Crippen molar-refractivity contribution in [1.82, 2.24) is 4.98 Å². The number of benzene rings is 1. The van der Waals surface area contributed by atoms with E-state index in [1.807, 2.05) is 50.2 Å². The van der Waals surface area contributed by atoms with Crippen molar-refractivity contribution in [2.75, 3.05) is 0 Å². The molecule has 0 radical (unpaired) electrons. The number of rotatable bonds is 3. The number of aromatic nitrogens is 1. The molecule has 88 valence electrons. The molecule has 1 N–H and O–H groups in total. The maximum absolute atomic E-state index is 10.5. The highest BCUT2D eigenvalue weighted by molar-refractivity contribution is 5.28. The van der Waals surface area contributed by atoms with E-state index in [1.54, 1.807) is 12.4 Å². The third-order valence-electron chi connectivity index (χ3n) is 2.97. The lowest BCUT2D eigenvalue weighted by atomic mass is 9.89. The molecule has 0 saturated carbocycles. The van der Waals surface area contributed by atoms with Gasteiger partial charge in [0.15, 0.2) is 0 Å². The number of aryl methyl sites for hydroxylation is 1. The molecular weight excluding hydrogens is 210 g/mol. The van der Waals surface area contributed by atoms with E-state index in [1.165, 1.54) is 5.56 Å². The van der Waals surface area contributed by atoms with Crippen LogP contribution in [0.15, 0.2) is 48.8 Å². The Morgan fingerprint density at radius 2 is 1.65 bits per heavy atom. The fourth-order valence-corrected chi connectivity index (χ4v) is 1.91. The van der Waals surface area contributed by atoms with Crippen molar-refractivity contribution in [3.8, 4) is 0 Å². The van der Waals surface area contributed by atoms with Crippen molar-refractivity contribution in [3.63, 3.8) is 0 Å². The Bertz CT molecular complexity index is 474. The Labute approximate surface area is 102 Å². The molecule has 2 heteroatoms. The summed E-state index contributed by atoms with van der Waals surface area (Å²) in [6.07, 6.45) is 4.10. The van der Waals surface area contributed by atoms with Gasteiger partial charge in [-0.2, -0.15) is 0 Å². The van der Waals surface area contributed by atoms with E-state index in [2.05, 4.69) is 4.98 Å². The van der Waals surface area contributed by atoms with Crippen LogP contribution >= 0.6 is 0 Å².